The molecule has 0 spiro atoms. The molecule has 0 aliphatic heterocycles. The van der Waals surface area contributed by atoms with Crippen LogP contribution in [0.5, 0.6) is 5.75 Å². The Balaban J connectivity index is 1.45. The van der Waals surface area contributed by atoms with Gasteiger partial charge in [-0.05, 0) is 55.8 Å². The second-order valence-corrected chi connectivity index (χ2v) is 8.25. The molecule has 0 aliphatic rings. The van der Waals surface area contributed by atoms with Gasteiger partial charge in [0.2, 0.25) is 0 Å². The number of ether oxygens (including phenoxy) is 2. The Kier molecular flexibility index (Phi) is 7.22. The molecule has 8 nitrogen and oxygen atoms in total. The number of methoxy groups -OCH3 is 1. The molecular formula is C26H24ClN3O5. The molecule has 0 unspecified atom stereocenters. The lowest BCUT2D eigenvalue weighted by atomic mass is 10.1. The van der Waals surface area contributed by atoms with Crippen LogP contribution in [0.1, 0.15) is 43.6 Å². The molecule has 180 valence electrons. The number of esters is 1. The Morgan fingerprint density at radius 2 is 1.89 bits per heavy atom. The van der Waals surface area contributed by atoms with E-state index in [0.29, 0.717) is 40.0 Å². The number of hydrogen-bond donors (Lipinski definition) is 1. The number of benzene rings is 2. The summed E-state index contributed by atoms with van der Waals surface area (Å²) in [5, 5.41) is 7.99. The minimum atomic E-state index is -0.413. The fourth-order valence-corrected chi connectivity index (χ4v) is 3.80. The number of rotatable bonds is 8. The normalized spacial score (nSPS) is 10.7. The highest BCUT2D eigenvalue weighted by molar-refractivity contribution is 6.30. The SMILES string of the molecule is COC(=O)c1ccccc1Cn1nc(C)c(NC(=O)c2ccc(COc3cccc(Cl)c3)o2)c1C. The van der Waals surface area contributed by atoms with Crippen molar-refractivity contribution in [3.63, 3.8) is 0 Å². The van der Waals surface area contributed by atoms with E-state index in [1.165, 1.54) is 7.11 Å². The highest BCUT2D eigenvalue weighted by Gasteiger charge is 2.19. The van der Waals surface area contributed by atoms with Crippen LogP contribution in [0.25, 0.3) is 0 Å². The average Bonchev–Trinajstić information content (AvgIpc) is 3.43. The third-order valence-corrected chi connectivity index (χ3v) is 5.66. The second kappa shape index (κ2) is 10.5. The van der Waals surface area contributed by atoms with Crippen LogP contribution in [0.15, 0.2) is 65.1 Å². The first-order chi connectivity index (χ1) is 16.9. The topological polar surface area (TPSA) is 95.6 Å². The summed E-state index contributed by atoms with van der Waals surface area (Å²) in [6.45, 7) is 4.16. The van der Waals surface area contributed by atoms with E-state index < -0.39 is 11.9 Å². The Morgan fingerprint density at radius 3 is 2.66 bits per heavy atom. The quantitative estimate of drug-likeness (QED) is 0.330. The maximum absolute atomic E-state index is 12.8. The number of nitrogens with one attached hydrogen (secondary N) is 1. The van der Waals surface area contributed by atoms with Crippen LogP contribution in [-0.2, 0) is 17.9 Å². The van der Waals surface area contributed by atoms with Gasteiger partial charge in [0.1, 0.15) is 18.1 Å². The zero-order valence-electron chi connectivity index (χ0n) is 19.5. The molecule has 4 aromatic rings. The number of hydrogen-bond acceptors (Lipinski definition) is 6. The van der Waals surface area contributed by atoms with Crippen LogP contribution in [0.3, 0.4) is 0 Å². The van der Waals surface area contributed by atoms with E-state index in [1.54, 1.807) is 60.1 Å². The molecule has 2 heterocycles. The Labute approximate surface area is 207 Å². The summed E-state index contributed by atoms with van der Waals surface area (Å²) in [4.78, 5) is 24.9. The summed E-state index contributed by atoms with van der Waals surface area (Å²) in [7, 11) is 1.35. The lowest BCUT2D eigenvalue weighted by Gasteiger charge is -2.10. The monoisotopic (exact) mass is 493 g/mol. The van der Waals surface area contributed by atoms with Crippen LogP contribution in [0, 0.1) is 13.8 Å². The average molecular weight is 494 g/mol. The van der Waals surface area contributed by atoms with Gasteiger partial charge in [-0.25, -0.2) is 4.79 Å². The summed E-state index contributed by atoms with van der Waals surface area (Å²) in [6.07, 6.45) is 0. The number of furan rings is 1. The highest BCUT2D eigenvalue weighted by atomic mass is 35.5. The van der Waals surface area contributed by atoms with Crippen LogP contribution in [0.4, 0.5) is 5.69 Å². The number of halogens is 1. The molecule has 0 bridgehead atoms. The molecule has 0 fully saturated rings. The highest BCUT2D eigenvalue weighted by Crippen LogP contribution is 2.23. The van der Waals surface area contributed by atoms with Gasteiger partial charge in [-0.3, -0.25) is 9.48 Å². The number of nitrogens with zero attached hydrogens (tertiary/aromatic N) is 2. The first-order valence-corrected chi connectivity index (χ1v) is 11.2. The minimum absolute atomic E-state index is 0.150. The molecular weight excluding hydrogens is 470 g/mol. The van der Waals surface area contributed by atoms with Gasteiger partial charge >= 0.3 is 5.97 Å². The first kappa shape index (κ1) is 24.1. The summed E-state index contributed by atoms with van der Waals surface area (Å²) < 4.78 is 17.9. The van der Waals surface area contributed by atoms with E-state index in [0.717, 1.165) is 11.3 Å². The zero-order chi connectivity index (χ0) is 24.9. The van der Waals surface area contributed by atoms with E-state index in [2.05, 4.69) is 10.4 Å². The predicted octanol–water partition coefficient (Wildman–Crippen LogP) is 5.41. The molecule has 1 N–H and O–H groups in total. The maximum Gasteiger partial charge on any atom is 0.338 e. The standard InChI is InChI=1S/C26H24ClN3O5/c1-16-24(17(2)30(29-16)14-18-7-4-5-10-22(18)26(32)33-3)28-25(31)23-12-11-21(35-23)15-34-20-9-6-8-19(27)13-20/h4-13H,14-15H2,1-3H3,(H,28,31). The van der Waals surface area contributed by atoms with Gasteiger partial charge in [0.05, 0.1) is 36.3 Å². The maximum atomic E-state index is 12.8. The third-order valence-electron chi connectivity index (χ3n) is 5.43. The number of aryl methyl sites for hydroxylation is 1. The third kappa shape index (κ3) is 5.55. The summed E-state index contributed by atoms with van der Waals surface area (Å²) >= 11 is 5.97. The molecule has 35 heavy (non-hydrogen) atoms. The first-order valence-electron chi connectivity index (χ1n) is 10.8. The summed E-state index contributed by atoms with van der Waals surface area (Å²) in [5.41, 5.74) is 3.20. The number of anilines is 1. The van der Waals surface area contributed by atoms with E-state index in [9.17, 15) is 9.59 Å². The van der Waals surface area contributed by atoms with E-state index >= 15 is 0 Å². The summed E-state index contributed by atoms with van der Waals surface area (Å²) in [6, 6.07) is 17.5. The van der Waals surface area contributed by atoms with Crippen molar-refractivity contribution in [3.8, 4) is 5.75 Å². The predicted molar refractivity (Wildman–Crippen MR) is 131 cm³/mol. The van der Waals surface area contributed by atoms with Gasteiger partial charge in [0.25, 0.3) is 5.91 Å². The van der Waals surface area contributed by atoms with Crippen molar-refractivity contribution in [2.45, 2.75) is 27.0 Å². The van der Waals surface area contributed by atoms with Gasteiger partial charge in [0, 0.05) is 5.02 Å². The fraction of sp³-hybridized carbons (Fsp3) is 0.192. The van der Waals surface area contributed by atoms with Gasteiger partial charge in [0.15, 0.2) is 5.76 Å². The van der Waals surface area contributed by atoms with Crippen LogP contribution < -0.4 is 10.1 Å². The molecule has 1 amide bonds. The zero-order valence-corrected chi connectivity index (χ0v) is 20.3. The summed E-state index contributed by atoms with van der Waals surface area (Å²) in [5.74, 6) is 0.437. The molecule has 9 heteroatoms. The van der Waals surface area contributed by atoms with Crippen molar-refractivity contribution >= 4 is 29.2 Å². The molecule has 0 saturated carbocycles. The van der Waals surface area contributed by atoms with Crippen LogP contribution >= 0.6 is 11.6 Å². The Bertz CT molecular complexity index is 1380. The van der Waals surface area contributed by atoms with E-state index in [-0.39, 0.29) is 12.4 Å². The fourth-order valence-electron chi connectivity index (χ4n) is 3.62. The second-order valence-electron chi connectivity index (χ2n) is 7.82. The molecule has 2 aromatic carbocycles. The largest absolute Gasteiger partial charge is 0.486 e. The van der Waals surface area contributed by atoms with Crippen LogP contribution in [0.2, 0.25) is 5.02 Å². The Morgan fingerprint density at radius 1 is 1.09 bits per heavy atom. The number of aromatic nitrogens is 2. The van der Waals surface area contributed by atoms with E-state index in [1.807, 2.05) is 19.1 Å². The Hall–Kier alpha value is -4.04. The van der Waals surface area contributed by atoms with Crippen LogP contribution in [-0.4, -0.2) is 28.8 Å². The molecule has 2 aromatic heterocycles. The number of amides is 1. The van der Waals surface area contributed by atoms with Gasteiger partial charge in [-0.15, -0.1) is 0 Å². The van der Waals surface area contributed by atoms with Gasteiger partial charge < -0.3 is 19.2 Å². The smallest absolute Gasteiger partial charge is 0.338 e. The van der Waals surface area contributed by atoms with Crippen molar-refractivity contribution in [3.05, 3.63) is 99.7 Å². The molecule has 0 atom stereocenters. The molecule has 0 saturated heterocycles. The van der Waals surface area contributed by atoms with Gasteiger partial charge in [-0.2, -0.15) is 5.10 Å². The number of carbonyl (C=O) groups excluding carboxylic acids is 2. The van der Waals surface area contributed by atoms with Crippen molar-refractivity contribution in [2.24, 2.45) is 0 Å². The molecule has 0 aliphatic carbocycles. The minimum Gasteiger partial charge on any atom is -0.486 e. The van der Waals surface area contributed by atoms with E-state index in [4.69, 9.17) is 25.5 Å². The van der Waals surface area contributed by atoms with Crippen molar-refractivity contribution in [1.29, 1.82) is 0 Å². The number of carbonyl (C=O) groups is 2. The van der Waals surface area contributed by atoms with Crippen molar-refractivity contribution < 1.29 is 23.5 Å². The lowest BCUT2D eigenvalue weighted by Crippen LogP contribution is -2.13. The molecule has 4 rings (SSSR count). The lowest BCUT2D eigenvalue weighted by molar-refractivity contribution is 0.0599. The van der Waals surface area contributed by atoms with Gasteiger partial charge in [-0.1, -0.05) is 35.9 Å². The van der Waals surface area contributed by atoms with Crippen molar-refractivity contribution in [1.82, 2.24) is 9.78 Å². The molecule has 0 radical (unpaired) electrons. The van der Waals surface area contributed by atoms with Crippen molar-refractivity contribution in [2.75, 3.05) is 12.4 Å².